The second-order valence-corrected chi connectivity index (χ2v) is 4.90. The highest BCUT2D eigenvalue weighted by Gasteiger charge is 2.34. The van der Waals surface area contributed by atoms with Gasteiger partial charge in [-0.05, 0) is 45.7 Å². The van der Waals surface area contributed by atoms with Crippen molar-refractivity contribution in [3.8, 4) is 6.07 Å². The van der Waals surface area contributed by atoms with Crippen LogP contribution in [-0.2, 0) is 0 Å². The van der Waals surface area contributed by atoms with Gasteiger partial charge in [-0.3, -0.25) is 4.90 Å². The lowest BCUT2D eigenvalue weighted by molar-refractivity contribution is -0.136. The number of nitrogens with zero attached hydrogens (tertiary/aromatic N) is 2. The second-order valence-electron chi connectivity index (χ2n) is 4.90. The van der Waals surface area contributed by atoms with Crippen molar-refractivity contribution in [1.29, 1.82) is 5.26 Å². The zero-order valence-electron chi connectivity index (χ0n) is 10.2. The third kappa shape index (κ3) is 4.55. The molecule has 1 rings (SSSR count). The average Bonchev–Trinajstić information content (AvgIpc) is 2.28. The topological polar surface area (TPSA) is 27.0 Å². The predicted molar refractivity (Wildman–Crippen MR) is 59.3 cm³/mol. The van der Waals surface area contributed by atoms with Gasteiger partial charge in [-0.1, -0.05) is 6.42 Å². The van der Waals surface area contributed by atoms with Crippen LogP contribution in [-0.4, -0.2) is 29.7 Å². The summed E-state index contributed by atoms with van der Waals surface area (Å²) in [6.07, 6.45) is -1.35. The number of alkyl halides is 3. The Morgan fingerprint density at radius 2 is 1.71 bits per heavy atom. The van der Waals surface area contributed by atoms with Crippen LogP contribution in [0.1, 0.15) is 45.4 Å². The summed E-state index contributed by atoms with van der Waals surface area (Å²) in [7, 11) is 0. The summed E-state index contributed by atoms with van der Waals surface area (Å²) >= 11 is 0. The molecule has 0 N–H and O–H groups in total. The first-order chi connectivity index (χ1) is 7.87. The van der Waals surface area contributed by atoms with E-state index in [1.54, 1.807) is 6.92 Å². The molecule has 98 valence electrons. The van der Waals surface area contributed by atoms with Crippen molar-refractivity contribution in [2.75, 3.05) is 13.1 Å². The molecule has 1 fully saturated rings. The highest BCUT2D eigenvalue weighted by molar-refractivity contribution is 5.05. The monoisotopic (exact) mass is 248 g/mol. The Balaban J connectivity index is 2.47. The normalized spacial score (nSPS) is 21.8. The molecule has 1 atom stereocenters. The standard InChI is InChI=1S/C12H19F3N2/c1-11(10-16,6-5-7-12(13,14)15)17-8-3-2-4-9-17/h2-9H2,1H3. The molecule has 1 aliphatic rings. The second kappa shape index (κ2) is 5.72. The van der Waals surface area contributed by atoms with Gasteiger partial charge in [0.1, 0.15) is 5.54 Å². The van der Waals surface area contributed by atoms with Gasteiger partial charge in [0.15, 0.2) is 0 Å². The summed E-state index contributed by atoms with van der Waals surface area (Å²) in [6.45, 7) is 3.42. The van der Waals surface area contributed by atoms with Crippen molar-refractivity contribution in [3.05, 3.63) is 0 Å². The maximum Gasteiger partial charge on any atom is 0.389 e. The largest absolute Gasteiger partial charge is 0.389 e. The molecule has 0 radical (unpaired) electrons. The first-order valence-corrected chi connectivity index (χ1v) is 6.10. The predicted octanol–water partition coefficient (Wildman–Crippen LogP) is 3.49. The molecule has 0 amide bonds. The summed E-state index contributed by atoms with van der Waals surface area (Å²) in [5.74, 6) is 0. The van der Waals surface area contributed by atoms with Gasteiger partial charge in [0.05, 0.1) is 6.07 Å². The molecule has 0 bridgehead atoms. The lowest BCUT2D eigenvalue weighted by atomic mass is 9.92. The molecule has 1 unspecified atom stereocenters. The molecule has 0 aromatic heterocycles. The highest BCUT2D eigenvalue weighted by atomic mass is 19.4. The number of hydrogen-bond acceptors (Lipinski definition) is 2. The van der Waals surface area contributed by atoms with Gasteiger partial charge in [0.25, 0.3) is 0 Å². The fourth-order valence-electron chi connectivity index (χ4n) is 2.31. The summed E-state index contributed by atoms with van der Waals surface area (Å²) in [5.41, 5.74) is -0.730. The van der Waals surface area contributed by atoms with Crippen molar-refractivity contribution in [2.45, 2.75) is 57.2 Å². The van der Waals surface area contributed by atoms with Crippen LogP contribution in [0, 0.1) is 11.3 Å². The third-order valence-electron chi connectivity index (χ3n) is 3.42. The van der Waals surface area contributed by atoms with E-state index in [9.17, 15) is 18.4 Å². The van der Waals surface area contributed by atoms with Crippen molar-refractivity contribution in [3.63, 3.8) is 0 Å². The highest BCUT2D eigenvalue weighted by Crippen LogP contribution is 2.29. The summed E-state index contributed by atoms with van der Waals surface area (Å²) in [5, 5.41) is 9.19. The molecular weight excluding hydrogens is 229 g/mol. The molecule has 1 heterocycles. The Bertz CT molecular complexity index is 276. The van der Waals surface area contributed by atoms with E-state index in [-0.39, 0.29) is 6.42 Å². The van der Waals surface area contributed by atoms with Crippen LogP contribution in [0.15, 0.2) is 0 Å². The van der Waals surface area contributed by atoms with Crippen molar-refractivity contribution in [1.82, 2.24) is 4.90 Å². The van der Waals surface area contributed by atoms with E-state index < -0.39 is 18.1 Å². The Labute approximate surface area is 100 Å². The zero-order chi connectivity index (χ0) is 12.9. The molecular formula is C12H19F3N2. The first-order valence-electron chi connectivity index (χ1n) is 6.10. The number of hydrogen-bond donors (Lipinski definition) is 0. The van der Waals surface area contributed by atoms with Gasteiger partial charge < -0.3 is 0 Å². The Hall–Kier alpha value is -0.760. The Morgan fingerprint density at radius 3 is 2.18 bits per heavy atom. The van der Waals surface area contributed by atoms with Crippen LogP contribution >= 0.6 is 0 Å². The van der Waals surface area contributed by atoms with E-state index in [1.807, 2.05) is 4.90 Å². The van der Waals surface area contributed by atoms with Crippen LogP contribution in [0.3, 0.4) is 0 Å². The van der Waals surface area contributed by atoms with E-state index in [2.05, 4.69) is 6.07 Å². The minimum atomic E-state index is -4.11. The maximum absolute atomic E-state index is 12.1. The minimum absolute atomic E-state index is 0.0318. The smallest absolute Gasteiger partial charge is 0.286 e. The van der Waals surface area contributed by atoms with Gasteiger partial charge >= 0.3 is 6.18 Å². The lowest BCUT2D eigenvalue weighted by Gasteiger charge is -2.38. The van der Waals surface area contributed by atoms with Crippen LogP contribution in [0.2, 0.25) is 0 Å². The van der Waals surface area contributed by atoms with Gasteiger partial charge in [-0.15, -0.1) is 0 Å². The fraction of sp³-hybridized carbons (Fsp3) is 0.917. The van der Waals surface area contributed by atoms with Crippen LogP contribution < -0.4 is 0 Å². The minimum Gasteiger partial charge on any atom is -0.286 e. The van der Waals surface area contributed by atoms with E-state index in [0.29, 0.717) is 6.42 Å². The number of likely N-dealkylation sites (tertiary alicyclic amines) is 1. The van der Waals surface area contributed by atoms with Crippen LogP contribution in [0.5, 0.6) is 0 Å². The van der Waals surface area contributed by atoms with E-state index in [0.717, 1.165) is 32.4 Å². The Kier molecular flexibility index (Phi) is 4.81. The molecule has 1 aliphatic heterocycles. The number of nitriles is 1. The van der Waals surface area contributed by atoms with Gasteiger partial charge in [0, 0.05) is 6.42 Å². The van der Waals surface area contributed by atoms with Crippen LogP contribution in [0.25, 0.3) is 0 Å². The first kappa shape index (κ1) is 14.3. The van der Waals surface area contributed by atoms with E-state index in [1.165, 1.54) is 0 Å². The molecule has 5 heteroatoms. The summed E-state index contributed by atoms with van der Waals surface area (Å²) < 4.78 is 36.2. The number of halogens is 3. The van der Waals surface area contributed by atoms with Gasteiger partial charge in [0.2, 0.25) is 0 Å². The third-order valence-corrected chi connectivity index (χ3v) is 3.42. The van der Waals surface area contributed by atoms with Crippen molar-refractivity contribution < 1.29 is 13.2 Å². The summed E-state index contributed by atoms with van der Waals surface area (Å²) in [6, 6.07) is 2.19. The molecule has 0 aliphatic carbocycles. The number of rotatable bonds is 4. The van der Waals surface area contributed by atoms with Crippen molar-refractivity contribution in [2.24, 2.45) is 0 Å². The maximum atomic E-state index is 12.1. The average molecular weight is 248 g/mol. The summed E-state index contributed by atoms with van der Waals surface area (Å²) in [4.78, 5) is 2.03. The molecule has 17 heavy (non-hydrogen) atoms. The number of piperidine rings is 1. The molecule has 0 aromatic rings. The van der Waals surface area contributed by atoms with E-state index >= 15 is 0 Å². The van der Waals surface area contributed by atoms with Crippen LogP contribution in [0.4, 0.5) is 13.2 Å². The Morgan fingerprint density at radius 1 is 1.12 bits per heavy atom. The SMILES string of the molecule is CC(C#N)(CCCC(F)(F)F)N1CCCCC1. The molecule has 1 saturated heterocycles. The molecule has 0 aromatic carbocycles. The quantitative estimate of drug-likeness (QED) is 0.761. The van der Waals surface area contributed by atoms with Crippen molar-refractivity contribution >= 4 is 0 Å². The van der Waals surface area contributed by atoms with Gasteiger partial charge in [-0.25, -0.2) is 0 Å². The molecule has 2 nitrogen and oxygen atoms in total. The molecule has 0 spiro atoms. The van der Waals surface area contributed by atoms with E-state index in [4.69, 9.17) is 0 Å². The zero-order valence-corrected chi connectivity index (χ0v) is 10.2. The fourth-order valence-corrected chi connectivity index (χ4v) is 2.31. The lowest BCUT2D eigenvalue weighted by Crippen LogP contribution is -2.48. The molecule has 0 saturated carbocycles. The van der Waals surface area contributed by atoms with Gasteiger partial charge in [-0.2, -0.15) is 18.4 Å².